The van der Waals surface area contributed by atoms with Crippen LogP contribution in [0.2, 0.25) is 0 Å². The second kappa shape index (κ2) is 5.06. The number of halogens is 2. The van der Waals surface area contributed by atoms with Crippen LogP contribution in [0.1, 0.15) is 16.7 Å². The van der Waals surface area contributed by atoms with Crippen molar-refractivity contribution >= 4 is 23.7 Å². The Kier molecular flexibility index (Phi) is 3.46. The summed E-state index contributed by atoms with van der Waals surface area (Å²) in [5, 5.41) is 0. The predicted octanol–water partition coefficient (Wildman–Crippen LogP) is 3.00. The van der Waals surface area contributed by atoms with Gasteiger partial charge in [-0.25, -0.2) is 13.8 Å². The van der Waals surface area contributed by atoms with E-state index in [-0.39, 0.29) is 11.3 Å². The average Bonchev–Trinajstić information content (AvgIpc) is 2.38. The third-order valence-corrected chi connectivity index (χ3v) is 2.74. The molecule has 0 bridgehead atoms. The highest BCUT2D eigenvalue weighted by Crippen LogP contribution is 2.21. The maximum absolute atomic E-state index is 13.7. The molecule has 0 aliphatic heterocycles. The first-order valence-electron chi connectivity index (χ1n) is 5.62. The SMILES string of the molecule is Cc1cc(C=Cc2c(F)ccc(N)c2F)cnc1N. The monoisotopic (exact) mass is 261 g/mol. The van der Waals surface area contributed by atoms with Crippen LogP contribution in [0.15, 0.2) is 24.4 Å². The molecule has 1 heterocycles. The lowest BCUT2D eigenvalue weighted by atomic mass is 10.1. The minimum Gasteiger partial charge on any atom is -0.396 e. The minimum absolute atomic E-state index is 0.0901. The summed E-state index contributed by atoms with van der Waals surface area (Å²) >= 11 is 0. The fraction of sp³-hybridized carbons (Fsp3) is 0.0714. The maximum Gasteiger partial charge on any atom is 0.156 e. The van der Waals surface area contributed by atoms with Gasteiger partial charge in [-0.1, -0.05) is 6.08 Å². The van der Waals surface area contributed by atoms with Crippen LogP contribution in [0.5, 0.6) is 0 Å². The third-order valence-electron chi connectivity index (χ3n) is 2.74. The molecular weight excluding hydrogens is 248 g/mol. The normalized spacial score (nSPS) is 11.1. The van der Waals surface area contributed by atoms with Gasteiger partial charge in [-0.2, -0.15) is 0 Å². The summed E-state index contributed by atoms with van der Waals surface area (Å²) in [6, 6.07) is 4.10. The van der Waals surface area contributed by atoms with E-state index in [1.807, 2.05) is 0 Å². The van der Waals surface area contributed by atoms with Crippen molar-refractivity contribution in [1.29, 1.82) is 0 Å². The molecule has 0 atom stereocenters. The van der Waals surface area contributed by atoms with Crippen LogP contribution in [0.25, 0.3) is 12.2 Å². The van der Waals surface area contributed by atoms with Gasteiger partial charge in [0.15, 0.2) is 5.82 Å². The standard InChI is InChI=1S/C14H13F2N3/c1-8-6-9(7-19-14(8)18)2-3-10-11(15)4-5-12(17)13(10)16/h2-7H,17H2,1H3,(H2,18,19). The molecule has 0 unspecified atom stereocenters. The van der Waals surface area contributed by atoms with Gasteiger partial charge in [-0.3, -0.25) is 0 Å². The topological polar surface area (TPSA) is 64.9 Å². The van der Waals surface area contributed by atoms with E-state index in [9.17, 15) is 8.78 Å². The van der Waals surface area contributed by atoms with Crippen molar-refractivity contribution in [1.82, 2.24) is 4.98 Å². The number of nitrogens with zero attached hydrogens (tertiary/aromatic N) is 1. The van der Waals surface area contributed by atoms with Gasteiger partial charge < -0.3 is 11.5 Å². The van der Waals surface area contributed by atoms with Crippen molar-refractivity contribution in [3.63, 3.8) is 0 Å². The van der Waals surface area contributed by atoms with Crippen LogP contribution in [0.4, 0.5) is 20.3 Å². The summed E-state index contributed by atoms with van der Waals surface area (Å²) in [5.41, 5.74) is 12.2. The van der Waals surface area contributed by atoms with Gasteiger partial charge in [0.2, 0.25) is 0 Å². The molecule has 4 N–H and O–H groups in total. The zero-order valence-electron chi connectivity index (χ0n) is 10.3. The number of nitrogen functional groups attached to an aromatic ring is 2. The number of hydrogen-bond donors (Lipinski definition) is 2. The molecule has 98 valence electrons. The molecule has 0 radical (unpaired) electrons. The highest BCUT2D eigenvalue weighted by Gasteiger charge is 2.08. The minimum atomic E-state index is -0.767. The van der Waals surface area contributed by atoms with Crippen molar-refractivity contribution in [3.8, 4) is 0 Å². The third kappa shape index (κ3) is 2.70. The molecule has 0 fully saturated rings. The number of rotatable bonds is 2. The molecule has 0 spiro atoms. The molecule has 3 nitrogen and oxygen atoms in total. The Morgan fingerprint density at radius 2 is 1.89 bits per heavy atom. The van der Waals surface area contributed by atoms with Crippen molar-refractivity contribution < 1.29 is 8.78 Å². The van der Waals surface area contributed by atoms with Crippen molar-refractivity contribution in [3.05, 3.63) is 52.7 Å². The first kappa shape index (κ1) is 13.0. The molecule has 5 heteroatoms. The first-order valence-corrected chi connectivity index (χ1v) is 5.62. The summed E-state index contributed by atoms with van der Waals surface area (Å²) in [4.78, 5) is 3.97. The summed E-state index contributed by atoms with van der Waals surface area (Å²) in [6.07, 6.45) is 4.41. The van der Waals surface area contributed by atoms with E-state index in [4.69, 9.17) is 11.5 Å². The van der Waals surface area contributed by atoms with Crippen molar-refractivity contribution in [2.24, 2.45) is 0 Å². The Bertz CT molecular complexity index is 651. The zero-order chi connectivity index (χ0) is 14.0. The quantitative estimate of drug-likeness (QED) is 0.817. The van der Waals surface area contributed by atoms with E-state index in [1.165, 1.54) is 18.3 Å². The molecule has 0 amide bonds. The Morgan fingerprint density at radius 1 is 1.16 bits per heavy atom. The summed E-state index contributed by atoms with van der Waals surface area (Å²) in [5.74, 6) is -1.00. The average molecular weight is 261 g/mol. The van der Waals surface area contributed by atoms with Gasteiger partial charge in [0.1, 0.15) is 11.6 Å². The molecule has 0 aliphatic rings. The van der Waals surface area contributed by atoms with Gasteiger partial charge in [0.25, 0.3) is 0 Å². The number of hydrogen-bond acceptors (Lipinski definition) is 3. The number of benzene rings is 1. The molecule has 0 aliphatic carbocycles. The van der Waals surface area contributed by atoms with Gasteiger partial charge in [0.05, 0.1) is 5.69 Å². The van der Waals surface area contributed by atoms with Crippen LogP contribution in [-0.2, 0) is 0 Å². The van der Waals surface area contributed by atoms with Crippen LogP contribution >= 0.6 is 0 Å². The van der Waals surface area contributed by atoms with Crippen LogP contribution < -0.4 is 11.5 Å². The molecule has 2 rings (SSSR count). The molecule has 0 saturated heterocycles. The fourth-order valence-corrected chi connectivity index (χ4v) is 1.62. The van der Waals surface area contributed by atoms with Gasteiger partial charge in [0, 0.05) is 11.8 Å². The molecule has 1 aromatic carbocycles. The molecule has 2 aromatic rings. The van der Waals surface area contributed by atoms with Gasteiger partial charge in [-0.05, 0) is 42.3 Å². The number of aromatic nitrogens is 1. The smallest absolute Gasteiger partial charge is 0.156 e. The number of aryl methyl sites for hydroxylation is 1. The molecule has 1 aromatic heterocycles. The first-order chi connectivity index (χ1) is 8.99. The second-order valence-corrected chi connectivity index (χ2v) is 4.17. The maximum atomic E-state index is 13.7. The predicted molar refractivity (Wildman–Crippen MR) is 73.1 cm³/mol. The molecule has 19 heavy (non-hydrogen) atoms. The van der Waals surface area contributed by atoms with E-state index in [1.54, 1.807) is 19.1 Å². The van der Waals surface area contributed by atoms with Gasteiger partial charge in [-0.15, -0.1) is 0 Å². The largest absolute Gasteiger partial charge is 0.396 e. The Hall–Kier alpha value is -2.43. The van der Waals surface area contributed by atoms with Gasteiger partial charge >= 0.3 is 0 Å². The number of nitrogens with two attached hydrogens (primary N) is 2. The van der Waals surface area contributed by atoms with E-state index in [2.05, 4.69) is 4.98 Å². The lowest BCUT2D eigenvalue weighted by molar-refractivity contribution is 0.582. The molecular formula is C14H13F2N3. The van der Waals surface area contributed by atoms with E-state index in [0.717, 1.165) is 11.6 Å². The zero-order valence-corrected chi connectivity index (χ0v) is 10.3. The Balaban J connectivity index is 2.37. The highest BCUT2D eigenvalue weighted by atomic mass is 19.1. The Labute approximate surface area is 109 Å². The van der Waals surface area contributed by atoms with E-state index >= 15 is 0 Å². The highest BCUT2D eigenvalue weighted by molar-refractivity contribution is 5.72. The van der Waals surface area contributed by atoms with Crippen molar-refractivity contribution in [2.75, 3.05) is 11.5 Å². The summed E-state index contributed by atoms with van der Waals surface area (Å²) in [7, 11) is 0. The van der Waals surface area contributed by atoms with Crippen LogP contribution in [0.3, 0.4) is 0 Å². The summed E-state index contributed by atoms with van der Waals surface area (Å²) in [6.45, 7) is 1.81. The van der Waals surface area contributed by atoms with E-state index in [0.29, 0.717) is 11.4 Å². The number of anilines is 2. The fourth-order valence-electron chi connectivity index (χ4n) is 1.62. The lowest BCUT2D eigenvalue weighted by Gasteiger charge is -2.03. The second-order valence-electron chi connectivity index (χ2n) is 4.17. The number of pyridine rings is 1. The van der Waals surface area contributed by atoms with Crippen LogP contribution in [-0.4, -0.2) is 4.98 Å². The Morgan fingerprint density at radius 3 is 2.58 bits per heavy atom. The molecule has 0 saturated carbocycles. The van der Waals surface area contributed by atoms with Crippen molar-refractivity contribution in [2.45, 2.75) is 6.92 Å². The summed E-state index contributed by atoms with van der Waals surface area (Å²) < 4.78 is 27.2. The van der Waals surface area contributed by atoms with E-state index < -0.39 is 11.6 Å². The lowest BCUT2D eigenvalue weighted by Crippen LogP contribution is -1.96. The van der Waals surface area contributed by atoms with Crippen LogP contribution in [0, 0.1) is 18.6 Å².